The third-order valence-electron chi connectivity index (χ3n) is 2.89. The minimum atomic E-state index is -0.894. The van der Waals surface area contributed by atoms with Gasteiger partial charge in [0.1, 0.15) is 0 Å². The maximum absolute atomic E-state index is 11.9. The molecule has 5 nitrogen and oxygen atoms in total. The van der Waals surface area contributed by atoms with Crippen molar-refractivity contribution in [2.45, 2.75) is 39.3 Å². The number of rotatable bonds is 5. The van der Waals surface area contributed by atoms with Gasteiger partial charge < -0.3 is 15.8 Å². The highest BCUT2D eigenvalue weighted by Gasteiger charge is 2.21. The first kappa shape index (κ1) is 16.3. The molecule has 1 amide bonds. The Hall–Kier alpha value is -1.75. The number of halogens is 1. The standard InChI is InChI=1S/C14H19ClN2O3/c1-4-8(2)17-13(18)9(3)20-14(19)11-7-10(15)5-6-12(11)16/h5-9H,4,16H2,1-3H3,(H,17,18). The van der Waals surface area contributed by atoms with Crippen molar-refractivity contribution >= 4 is 29.2 Å². The molecule has 0 aliphatic carbocycles. The van der Waals surface area contributed by atoms with E-state index in [1.54, 1.807) is 6.07 Å². The quantitative estimate of drug-likeness (QED) is 0.646. The van der Waals surface area contributed by atoms with Gasteiger partial charge in [-0.2, -0.15) is 0 Å². The fourth-order valence-electron chi connectivity index (χ4n) is 1.45. The average molecular weight is 299 g/mol. The zero-order chi connectivity index (χ0) is 15.3. The van der Waals surface area contributed by atoms with Crippen LogP contribution in [0.5, 0.6) is 0 Å². The molecular weight excluding hydrogens is 280 g/mol. The Kier molecular flexibility index (Phi) is 5.82. The molecule has 6 heteroatoms. The summed E-state index contributed by atoms with van der Waals surface area (Å²) < 4.78 is 5.09. The monoisotopic (exact) mass is 298 g/mol. The summed E-state index contributed by atoms with van der Waals surface area (Å²) >= 11 is 5.81. The van der Waals surface area contributed by atoms with Crippen LogP contribution < -0.4 is 11.1 Å². The van der Waals surface area contributed by atoms with Crippen LogP contribution >= 0.6 is 11.6 Å². The summed E-state index contributed by atoms with van der Waals surface area (Å²) in [5, 5.41) is 3.12. The van der Waals surface area contributed by atoms with E-state index in [-0.39, 0.29) is 23.2 Å². The van der Waals surface area contributed by atoms with Crippen molar-refractivity contribution in [1.29, 1.82) is 0 Å². The minimum absolute atomic E-state index is 0.0277. The zero-order valence-electron chi connectivity index (χ0n) is 11.8. The Labute approximate surface area is 123 Å². The number of nitrogens with two attached hydrogens (primary N) is 1. The molecule has 0 spiro atoms. The molecule has 0 saturated heterocycles. The lowest BCUT2D eigenvalue weighted by Gasteiger charge is -2.17. The van der Waals surface area contributed by atoms with E-state index >= 15 is 0 Å². The van der Waals surface area contributed by atoms with Crippen molar-refractivity contribution < 1.29 is 14.3 Å². The average Bonchev–Trinajstić information content (AvgIpc) is 2.40. The summed E-state index contributed by atoms with van der Waals surface area (Å²) in [6, 6.07) is 4.54. The molecule has 3 N–H and O–H groups in total. The van der Waals surface area contributed by atoms with E-state index in [2.05, 4.69) is 5.32 Å². The normalized spacial score (nSPS) is 13.4. The number of esters is 1. The lowest BCUT2D eigenvalue weighted by molar-refractivity contribution is -0.129. The van der Waals surface area contributed by atoms with Gasteiger partial charge in [0.05, 0.1) is 5.56 Å². The molecule has 1 aromatic carbocycles. The fourth-order valence-corrected chi connectivity index (χ4v) is 1.62. The molecule has 0 radical (unpaired) electrons. The molecule has 0 bridgehead atoms. The summed E-state index contributed by atoms with van der Waals surface area (Å²) in [5.74, 6) is -1.01. The summed E-state index contributed by atoms with van der Waals surface area (Å²) in [6.45, 7) is 5.34. The van der Waals surface area contributed by atoms with E-state index in [0.29, 0.717) is 5.02 Å². The van der Waals surface area contributed by atoms with E-state index < -0.39 is 12.1 Å². The van der Waals surface area contributed by atoms with Crippen LogP contribution in [0.2, 0.25) is 5.02 Å². The minimum Gasteiger partial charge on any atom is -0.449 e. The molecule has 0 fully saturated rings. The number of carbonyl (C=O) groups is 2. The van der Waals surface area contributed by atoms with Gasteiger partial charge in [0, 0.05) is 16.8 Å². The van der Waals surface area contributed by atoms with Crippen LogP contribution in [0.4, 0.5) is 5.69 Å². The van der Waals surface area contributed by atoms with Crippen molar-refractivity contribution in [3.05, 3.63) is 28.8 Å². The number of hydrogen-bond donors (Lipinski definition) is 2. The Morgan fingerprint density at radius 1 is 1.40 bits per heavy atom. The largest absolute Gasteiger partial charge is 0.449 e. The molecule has 0 heterocycles. The number of hydrogen-bond acceptors (Lipinski definition) is 4. The van der Waals surface area contributed by atoms with Crippen molar-refractivity contribution in [1.82, 2.24) is 5.32 Å². The molecule has 110 valence electrons. The van der Waals surface area contributed by atoms with E-state index in [9.17, 15) is 9.59 Å². The zero-order valence-corrected chi connectivity index (χ0v) is 12.5. The van der Waals surface area contributed by atoms with Crippen LogP contribution in [-0.4, -0.2) is 24.0 Å². The molecule has 0 saturated carbocycles. The van der Waals surface area contributed by atoms with Crippen LogP contribution in [0.1, 0.15) is 37.6 Å². The van der Waals surface area contributed by atoms with Gasteiger partial charge >= 0.3 is 5.97 Å². The van der Waals surface area contributed by atoms with E-state index in [1.807, 2.05) is 13.8 Å². The first-order valence-corrected chi connectivity index (χ1v) is 6.79. The highest BCUT2D eigenvalue weighted by atomic mass is 35.5. The van der Waals surface area contributed by atoms with E-state index in [4.69, 9.17) is 22.1 Å². The number of anilines is 1. The molecule has 2 atom stereocenters. The highest BCUT2D eigenvalue weighted by Crippen LogP contribution is 2.19. The van der Waals surface area contributed by atoms with Gasteiger partial charge in [-0.1, -0.05) is 18.5 Å². The Bertz CT molecular complexity index is 505. The molecule has 0 aromatic heterocycles. The van der Waals surface area contributed by atoms with E-state index in [0.717, 1.165) is 6.42 Å². The summed E-state index contributed by atoms with van der Waals surface area (Å²) in [5.41, 5.74) is 6.10. The van der Waals surface area contributed by atoms with Crippen LogP contribution in [-0.2, 0) is 9.53 Å². The predicted octanol–water partition coefficient (Wildman–Crippen LogP) is 2.38. The number of amides is 1. The first-order valence-electron chi connectivity index (χ1n) is 6.41. The number of benzene rings is 1. The van der Waals surface area contributed by atoms with Gasteiger partial charge in [-0.05, 0) is 38.5 Å². The van der Waals surface area contributed by atoms with Crippen LogP contribution in [0.3, 0.4) is 0 Å². The van der Waals surface area contributed by atoms with Crippen molar-refractivity contribution in [3.8, 4) is 0 Å². The fraction of sp³-hybridized carbons (Fsp3) is 0.429. The van der Waals surface area contributed by atoms with Crippen molar-refractivity contribution in [2.75, 3.05) is 5.73 Å². The number of nitrogen functional groups attached to an aromatic ring is 1. The van der Waals surface area contributed by atoms with E-state index in [1.165, 1.54) is 19.1 Å². The second-order valence-electron chi connectivity index (χ2n) is 4.60. The third kappa shape index (κ3) is 4.42. The van der Waals surface area contributed by atoms with Gasteiger partial charge in [-0.3, -0.25) is 4.79 Å². The van der Waals surface area contributed by atoms with Crippen LogP contribution in [0, 0.1) is 0 Å². The molecule has 1 aromatic rings. The number of nitrogens with one attached hydrogen (secondary N) is 1. The molecular formula is C14H19ClN2O3. The van der Waals surface area contributed by atoms with Crippen LogP contribution in [0.25, 0.3) is 0 Å². The second-order valence-corrected chi connectivity index (χ2v) is 5.03. The Morgan fingerprint density at radius 2 is 2.05 bits per heavy atom. The van der Waals surface area contributed by atoms with Crippen molar-refractivity contribution in [2.24, 2.45) is 0 Å². The summed E-state index contributed by atoms with van der Waals surface area (Å²) in [7, 11) is 0. The Balaban J connectivity index is 2.70. The summed E-state index contributed by atoms with van der Waals surface area (Å²) in [4.78, 5) is 23.7. The van der Waals surface area contributed by atoms with Crippen LogP contribution in [0.15, 0.2) is 18.2 Å². The topological polar surface area (TPSA) is 81.4 Å². The third-order valence-corrected chi connectivity index (χ3v) is 3.12. The molecule has 0 aliphatic heterocycles. The number of carbonyl (C=O) groups excluding carboxylic acids is 2. The molecule has 0 aliphatic rings. The van der Waals surface area contributed by atoms with Gasteiger partial charge in [0.2, 0.25) is 0 Å². The lowest BCUT2D eigenvalue weighted by Crippen LogP contribution is -2.40. The molecule has 20 heavy (non-hydrogen) atoms. The van der Waals surface area contributed by atoms with Gasteiger partial charge in [0.25, 0.3) is 5.91 Å². The van der Waals surface area contributed by atoms with Crippen molar-refractivity contribution in [3.63, 3.8) is 0 Å². The molecule has 2 unspecified atom stereocenters. The maximum atomic E-state index is 11.9. The number of ether oxygens (including phenoxy) is 1. The Morgan fingerprint density at radius 3 is 2.65 bits per heavy atom. The second kappa shape index (κ2) is 7.14. The summed E-state index contributed by atoms with van der Waals surface area (Å²) in [6.07, 6.45) is -0.0944. The highest BCUT2D eigenvalue weighted by molar-refractivity contribution is 6.31. The van der Waals surface area contributed by atoms with Gasteiger partial charge in [-0.15, -0.1) is 0 Å². The lowest BCUT2D eigenvalue weighted by atomic mass is 10.2. The van der Waals surface area contributed by atoms with Gasteiger partial charge in [0.15, 0.2) is 6.10 Å². The predicted molar refractivity (Wildman–Crippen MR) is 78.6 cm³/mol. The first-order chi connectivity index (χ1) is 9.35. The SMILES string of the molecule is CCC(C)NC(=O)C(C)OC(=O)c1cc(Cl)ccc1N. The smallest absolute Gasteiger partial charge is 0.341 e. The van der Waals surface area contributed by atoms with Gasteiger partial charge in [-0.25, -0.2) is 4.79 Å². The maximum Gasteiger partial charge on any atom is 0.341 e. The molecule has 1 rings (SSSR count).